The van der Waals surface area contributed by atoms with Crippen LogP contribution in [-0.2, 0) is 9.53 Å². The number of nitrogens with one attached hydrogen (secondary N) is 1. The summed E-state index contributed by atoms with van der Waals surface area (Å²) in [6.07, 6.45) is 0.124. The summed E-state index contributed by atoms with van der Waals surface area (Å²) in [5.74, 6) is 0.161. The average Bonchev–Trinajstić information content (AvgIpc) is 2.37. The zero-order chi connectivity index (χ0) is 8.27. The van der Waals surface area contributed by atoms with E-state index in [0.717, 1.165) is 0 Å². The normalized spacial score (nSPS) is 20.9. The van der Waals surface area contributed by atoms with Gasteiger partial charge in [-0.25, -0.2) is 0 Å². The molecular weight excluding hydrogens is 144 g/mol. The van der Waals surface area contributed by atoms with Crippen LogP contribution in [0.15, 0.2) is 0 Å². The van der Waals surface area contributed by atoms with E-state index in [2.05, 4.69) is 5.32 Å². The number of hydrogen-bond acceptors (Lipinski definition) is 3. The smallest absolute Gasteiger partial charge is 0.237 e. The lowest BCUT2D eigenvalue weighted by molar-refractivity contribution is -0.127. The van der Waals surface area contributed by atoms with Gasteiger partial charge in [0, 0.05) is 13.7 Å². The first-order valence-electron chi connectivity index (χ1n) is 3.75. The molecule has 0 aromatic heterocycles. The van der Waals surface area contributed by atoms with Crippen LogP contribution in [0.25, 0.3) is 0 Å². The maximum Gasteiger partial charge on any atom is 0.237 e. The highest BCUT2D eigenvalue weighted by Crippen LogP contribution is 1.98. The summed E-state index contributed by atoms with van der Waals surface area (Å²) in [4.78, 5) is 12.8. The van der Waals surface area contributed by atoms with Gasteiger partial charge in [-0.05, 0) is 6.92 Å². The van der Waals surface area contributed by atoms with Gasteiger partial charge in [0.15, 0.2) is 0 Å². The lowest BCUT2D eigenvalue weighted by atomic mass is 10.4. The topological polar surface area (TPSA) is 41.6 Å². The minimum Gasteiger partial charge on any atom is -0.380 e. The van der Waals surface area contributed by atoms with E-state index in [1.165, 1.54) is 0 Å². The molecule has 1 rings (SSSR count). The highest BCUT2D eigenvalue weighted by molar-refractivity contribution is 5.79. The molecule has 1 amide bonds. The molecule has 0 radical (unpaired) electrons. The average molecular weight is 158 g/mol. The van der Waals surface area contributed by atoms with Crippen LogP contribution in [-0.4, -0.2) is 43.8 Å². The minimum atomic E-state index is 0.124. The van der Waals surface area contributed by atoms with Gasteiger partial charge in [0.25, 0.3) is 0 Å². The zero-order valence-electron chi connectivity index (χ0n) is 6.96. The van der Waals surface area contributed by atoms with Gasteiger partial charge in [-0.3, -0.25) is 10.1 Å². The van der Waals surface area contributed by atoms with Crippen molar-refractivity contribution in [3.8, 4) is 0 Å². The summed E-state index contributed by atoms with van der Waals surface area (Å²) in [6.45, 7) is 3.76. The molecule has 0 saturated carbocycles. The number of ether oxygens (including phenoxy) is 1. The number of carbonyl (C=O) groups excluding carboxylic acids is 1. The van der Waals surface area contributed by atoms with E-state index >= 15 is 0 Å². The molecular formula is C7H14N2O2. The van der Waals surface area contributed by atoms with E-state index < -0.39 is 0 Å². The van der Waals surface area contributed by atoms with Crippen molar-refractivity contribution in [3.05, 3.63) is 0 Å². The summed E-state index contributed by atoms with van der Waals surface area (Å²) in [5, 5.41) is 2.97. The first-order valence-corrected chi connectivity index (χ1v) is 3.75. The van der Waals surface area contributed by atoms with Gasteiger partial charge in [0.1, 0.15) is 0 Å². The van der Waals surface area contributed by atoms with Gasteiger partial charge in [-0.2, -0.15) is 0 Å². The molecule has 0 spiro atoms. The Balaban J connectivity index is 2.30. The minimum absolute atomic E-state index is 0.124. The fourth-order valence-corrected chi connectivity index (χ4v) is 1.05. The van der Waals surface area contributed by atoms with Crippen LogP contribution in [0.5, 0.6) is 0 Å². The van der Waals surface area contributed by atoms with Gasteiger partial charge < -0.3 is 9.64 Å². The van der Waals surface area contributed by atoms with E-state index in [1.807, 2.05) is 6.92 Å². The fourth-order valence-electron chi connectivity index (χ4n) is 1.05. The van der Waals surface area contributed by atoms with E-state index in [-0.39, 0.29) is 12.0 Å². The van der Waals surface area contributed by atoms with Crippen LogP contribution in [0.2, 0.25) is 0 Å². The number of nitrogens with zero attached hydrogens (tertiary/aromatic N) is 1. The Morgan fingerprint density at radius 2 is 2.55 bits per heavy atom. The van der Waals surface area contributed by atoms with Crippen molar-refractivity contribution in [2.45, 2.75) is 13.0 Å². The Labute approximate surface area is 66.5 Å². The summed E-state index contributed by atoms with van der Waals surface area (Å²) in [6, 6.07) is 0. The number of rotatable bonds is 3. The zero-order valence-corrected chi connectivity index (χ0v) is 6.96. The third-order valence-electron chi connectivity index (χ3n) is 1.81. The van der Waals surface area contributed by atoms with Crippen molar-refractivity contribution in [3.63, 3.8) is 0 Å². The molecule has 0 aliphatic carbocycles. The maximum atomic E-state index is 11.0. The molecule has 1 unspecified atom stereocenters. The largest absolute Gasteiger partial charge is 0.380 e. The van der Waals surface area contributed by atoms with Crippen molar-refractivity contribution in [2.75, 3.05) is 26.9 Å². The van der Waals surface area contributed by atoms with E-state index in [1.54, 1.807) is 12.0 Å². The molecule has 64 valence electrons. The second-order valence-electron chi connectivity index (χ2n) is 2.75. The molecule has 1 aliphatic heterocycles. The maximum absolute atomic E-state index is 11.0. The fraction of sp³-hybridized carbons (Fsp3) is 0.857. The predicted octanol–water partition coefficient (Wildman–Crippen LogP) is -0.589. The monoisotopic (exact) mass is 158 g/mol. The van der Waals surface area contributed by atoms with Gasteiger partial charge in [-0.15, -0.1) is 0 Å². The molecule has 4 nitrogen and oxygen atoms in total. The molecule has 1 fully saturated rings. The Hall–Kier alpha value is -0.610. The molecule has 1 heterocycles. The molecule has 1 aliphatic rings. The molecule has 0 aromatic rings. The summed E-state index contributed by atoms with van der Waals surface area (Å²) in [7, 11) is 1.65. The predicted molar refractivity (Wildman–Crippen MR) is 41.1 cm³/mol. The summed E-state index contributed by atoms with van der Waals surface area (Å²) < 4.78 is 5.04. The Morgan fingerprint density at radius 1 is 1.82 bits per heavy atom. The molecule has 1 saturated heterocycles. The van der Waals surface area contributed by atoms with Gasteiger partial charge in [-0.1, -0.05) is 0 Å². The highest BCUT2D eigenvalue weighted by atomic mass is 16.5. The summed E-state index contributed by atoms with van der Waals surface area (Å²) >= 11 is 0. The van der Waals surface area contributed by atoms with Crippen molar-refractivity contribution >= 4 is 5.91 Å². The van der Waals surface area contributed by atoms with E-state index in [0.29, 0.717) is 19.8 Å². The van der Waals surface area contributed by atoms with Crippen molar-refractivity contribution in [1.29, 1.82) is 0 Å². The number of hydrogen-bond donors (Lipinski definition) is 1. The van der Waals surface area contributed by atoms with Crippen LogP contribution in [0.3, 0.4) is 0 Å². The van der Waals surface area contributed by atoms with Crippen LogP contribution in [0.1, 0.15) is 6.92 Å². The van der Waals surface area contributed by atoms with Gasteiger partial charge >= 0.3 is 0 Å². The lowest BCUT2D eigenvalue weighted by Gasteiger charge is -2.18. The second kappa shape index (κ2) is 3.69. The standard InChI is InChI=1S/C7H14N2O2/c1-6(11-2)4-9-5-8-3-7(9)10/h6,8H,3-5H2,1-2H3. The van der Waals surface area contributed by atoms with Crippen LogP contribution in [0, 0.1) is 0 Å². The van der Waals surface area contributed by atoms with E-state index in [4.69, 9.17) is 4.74 Å². The van der Waals surface area contributed by atoms with Crippen LogP contribution < -0.4 is 5.32 Å². The van der Waals surface area contributed by atoms with Crippen molar-refractivity contribution < 1.29 is 9.53 Å². The molecule has 11 heavy (non-hydrogen) atoms. The Kier molecular flexibility index (Phi) is 2.84. The van der Waals surface area contributed by atoms with Crippen LogP contribution >= 0.6 is 0 Å². The quantitative estimate of drug-likeness (QED) is 0.597. The van der Waals surface area contributed by atoms with Crippen LogP contribution in [0.4, 0.5) is 0 Å². The molecule has 0 aromatic carbocycles. The third-order valence-corrected chi connectivity index (χ3v) is 1.81. The number of carbonyl (C=O) groups is 1. The van der Waals surface area contributed by atoms with Crippen molar-refractivity contribution in [1.82, 2.24) is 10.2 Å². The summed E-state index contributed by atoms with van der Waals surface area (Å²) in [5.41, 5.74) is 0. The van der Waals surface area contributed by atoms with Crippen molar-refractivity contribution in [2.24, 2.45) is 0 Å². The lowest BCUT2D eigenvalue weighted by Crippen LogP contribution is -2.33. The molecule has 1 atom stereocenters. The Bertz CT molecular complexity index is 149. The Morgan fingerprint density at radius 3 is 3.00 bits per heavy atom. The molecule has 0 bridgehead atoms. The first kappa shape index (κ1) is 8.49. The number of methoxy groups -OCH3 is 1. The first-order chi connectivity index (χ1) is 5.24. The molecule has 4 heteroatoms. The molecule has 1 N–H and O–H groups in total. The number of amides is 1. The second-order valence-corrected chi connectivity index (χ2v) is 2.75. The van der Waals surface area contributed by atoms with E-state index in [9.17, 15) is 4.79 Å². The highest BCUT2D eigenvalue weighted by Gasteiger charge is 2.20. The van der Waals surface area contributed by atoms with Gasteiger partial charge in [0.05, 0.1) is 19.3 Å². The third kappa shape index (κ3) is 2.17. The van der Waals surface area contributed by atoms with Gasteiger partial charge in [0.2, 0.25) is 5.91 Å². The SMILES string of the molecule is COC(C)CN1CNCC1=O.